The van der Waals surface area contributed by atoms with Gasteiger partial charge in [0.2, 0.25) is 5.90 Å². The van der Waals surface area contributed by atoms with E-state index in [-0.39, 0.29) is 24.4 Å². The number of aliphatic imine (C=N–C) groups is 2. The normalized spacial score (nSPS) is 25.8. The summed E-state index contributed by atoms with van der Waals surface area (Å²) in [4.78, 5) is 19.1. The van der Waals surface area contributed by atoms with Crippen molar-refractivity contribution >= 4 is 35.6 Å². The monoisotopic (exact) mass is 477 g/mol. The third-order valence-electron chi connectivity index (χ3n) is 6.52. The van der Waals surface area contributed by atoms with Gasteiger partial charge in [0.1, 0.15) is 18.2 Å². The molecule has 0 spiro atoms. The second-order valence-electron chi connectivity index (χ2n) is 8.90. The van der Waals surface area contributed by atoms with Gasteiger partial charge in [0.05, 0.1) is 16.7 Å². The summed E-state index contributed by atoms with van der Waals surface area (Å²) in [7, 11) is 3.95. The molecule has 0 aromatic carbocycles. The molecule has 176 valence electrons. The van der Waals surface area contributed by atoms with E-state index in [1.54, 1.807) is 16.4 Å². The van der Waals surface area contributed by atoms with Crippen LogP contribution in [0.5, 0.6) is 0 Å². The second-order valence-corrected chi connectivity index (χ2v) is 10.4. The molecule has 1 aromatic rings. The minimum Gasteiger partial charge on any atom is -0.387 e. The maximum Gasteiger partial charge on any atom is 0.222 e. The molecule has 1 aromatic heterocycles. The maximum absolute atomic E-state index is 9.62. The van der Waals surface area contributed by atoms with Crippen molar-refractivity contribution in [2.24, 2.45) is 9.98 Å². The molecule has 1 aliphatic carbocycles. The van der Waals surface area contributed by atoms with E-state index in [0.717, 1.165) is 49.1 Å². The SMILES string of the molecule is CCCN(C)C(C)C(S)OC/N=C(\C)C1N=C(C2(C)CCCc3scc(C#N)c32)ON1C. The number of fused-ring (bicyclic) bond motifs is 1. The molecule has 0 N–H and O–H groups in total. The minimum atomic E-state index is -0.395. The van der Waals surface area contributed by atoms with Gasteiger partial charge in [-0.3, -0.25) is 4.99 Å². The quantitative estimate of drug-likeness (QED) is 0.327. The Labute approximate surface area is 201 Å². The van der Waals surface area contributed by atoms with Crippen LogP contribution in [-0.4, -0.2) is 66.6 Å². The van der Waals surface area contributed by atoms with Crippen molar-refractivity contribution in [1.82, 2.24) is 9.96 Å². The van der Waals surface area contributed by atoms with Crippen molar-refractivity contribution in [3.63, 3.8) is 0 Å². The summed E-state index contributed by atoms with van der Waals surface area (Å²) < 4.78 is 5.86. The molecule has 0 radical (unpaired) electrons. The number of ether oxygens (including phenoxy) is 1. The summed E-state index contributed by atoms with van der Waals surface area (Å²) >= 11 is 6.27. The summed E-state index contributed by atoms with van der Waals surface area (Å²) in [6.07, 6.45) is 3.76. The fourth-order valence-corrected chi connectivity index (χ4v) is 5.86. The molecular weight excluding hydrogens is 442 g/mol. The Morgan fingerprint density at radius 3 is 3.03 bits per heavy atom. The van der Waals surface area contributed by atoms with Gasteiger partial charge in [0.25, 0.3) is 0 Å². The van der Waals surface area contributed by atoms with E-state index >= 15 is 0 Å². The van der Waals surface area contributed by atoms with Crippen LogP contribution in [0.15, 0.2) is 15.4 Å². The van der Waals surface area contributed by atoms with Gasteiger partial charge in [-0.25, -0.2) is 4.99 Å². The van der Waals surface area contributed by atoms with Crippen molar-refractivity contribution in [2.75, 3.05) is 27.4 Å². The second kappa shape index (κ2) is 10.7. The molecule has 0 saturated carbocycles. The third kappa shape index (κ3) is 5.05. The lowest BCUT2D eigenvalue weighted by Gasteiger charge is -2.33. The van der Waals surface area contributed by atoms with Gasteiger partial charge in [0.15, 0.2) is 6.17 Å². The third-order valence-corrected chi connectivity index (χ3v) is 8.15. The molecule has 32 heavy (non-hydrogen) atoms. The molecule has 3 rings (SSSR count). The smallest absolute Gasteiger partial charge is 0.222 e. The molecule has 4 unspecified atom stereocenters. The highest BCUT2D eigenvalue weighted by Gasteiger charge is 2.45. The lowest BCUT2D eigenvalue weighted by Crippen LogP contribution is -2.38. The number of thiophene rings is 1. The zero-order valence-electron chi connectivity index (χ0n) is 20.0. The average molecular weight is 478 g/mol. The van der Waals surface area contributed by atoms with Gasteiger partial charge >= 0.3 is 0 Å². The maximum atomic E-state index is 9.62. The molecule has 0 saturated heterocycles. The van der Waals surface area contributed by atoms with Crippen LogP contribution in [0, 0.1) is 11.3 Å². The first-order chi connectivity index (χ1) is 15.2. The molecule has 0 bridgehead atoms. The minimum absolute atomic E-state index is 0.191. The summed E-state index contributed by atoms with van der Waals surface area (Å²) in [5.41, 5.74) is 2.04. The van der Waals surface area contributed by atoms with E-state index in [0.29, 0.717) is 5.90 Å². The number of thiol groups is 1. The van der Waals surface area contributed by atoms with E-state index in [1.165, 1.54) is 4.88 Å². The molecular formula is C23H35N5O2S2. The van der Waals surface area contributed by atoms with Crippen molar-refractivity contribution < 1.29 is 9.57 Å². The molecule has 1 aliphatic heterocycles. The molecule has 7 nitrogen and oxygen atoms in total. The van der Waals surface area contributed by atoms with Crippen LogP contribution < -0.4 is 0 Å². The van der Waals surface area contributed by atoms with Gasteiger partial charge in [0, 0.05) is 23.3 Å². The van der Waals surface area contributed by atoms with Crippen LogP contribution in [-0.2, 0) is 21.4 Å². The van der Waals surface area contributed by atoms with E-state index in [2.05, 4.69) is 56.4 Å². The summed E-state index contributed by atoms with van der Waals surface area (Å²) in [5.74, 6) is 0.665. The Balaban J connectivity index is 1.71. The molecule has 9 heteroatoms. The van der Waals surface area contributed by atoms with Crippen LogP contribution in [0.1, 0.15) is 63.0 Å². The zero-order valence-corrected chi connectivity index (χ0v) is 21.7. The largest absolute Gasteiger partial charge is 0.387 e. The van der Waals surface area contributed by atoms with E-state index in [4.69, 9.17) is 14.6 Å². The zero-order chi connectivity index (χ0) is 23.5. The van der Waals surface area contributed by atoms with Crippen LogP contribution in [0.4, 0.5) is 0 Å². The van der Waals surface area contributed by atoms with Crippen LogP contribution in [0.2, 0.25) is 0 Å². The Morgan fingerprint density at radius 2 is 2.34 bits per heavy atom. The van der Waals surface area contributed by atoms with Gasteiger partial charge < -0.3 is 14.5 Å². The van der Waals surface area contributed by atoms with Crippen molar-refractivity contribution in [1.29, 1.82) is 5.26 Å². The Bertz CT molecular complexity index is 909. The fraction of sp³-hybridized carbons (Fsp3) is 0.696. The predicted molar refractivity (Wildman–Crippen MR) is 134 cm³/mol. The van der Waals surface area contributed by atoms with Gasteiger partial charge in [-0.1, -0.05) is 6.92 Å². The molecule has 4 atom stereocenters. The predicted octanol–water partition coefficient (Wildman–Crippen LogP) is 4.24. The number of nitrogens with zero attached hydrogens (tertiary/aromatic N) is 5. The topological polar surface area (TPSA) is 73.4 Å². The highest BCUT2D eigenvalue weighted by molar-refractivity contribution is 7.80. The highest BCUT2D eigenvalue weighted by atomic mass is 32.1. The summed E-state index contributed by atoms with van der Waals surface area (Å²) in [6, 6.07) is 2.55. The standard InChI is InChI=1S/C23H35N5O2S2/c1-7-11-27(5)16(3)21(31)29-14-25-15(2)20-26-22(30-28(20)6)23(4)10-8-9-18-19(23)17(12-24)13-32-18/h13,16,20-21,31H,7-11,14H2,1-6H3/b25-15+. The van der Waals surface area contributed by atoms with E-state index in [9.17, 15) is 5.26 Å². The number of likely N-dealkylation sites (N-methyl/N-ethyl adjacent to an activating group) is 1. The number of rotatable bonds is 9. The van der Waals surface area contributed by atoms with E-state index < -0.39 is 5.41 Å². The number of hydrogen-bond donors (Lipinski definition) is 1. The van der Waals surface area contributed by atoms with Crippen LogP contribution >= 0.6 is 24.0 Å². The molecule has 2 aliphatic rings. The van der Waals surface area contributed by atoms with Crippen molar-refractivity contribution in [3.8, 4) is 6.07 Å². The first-order valence-corrected chi connectivity index (χ1v) is 12.6. The average Bonchev–Trinajstić information content (AvgIpc) is 3.38. The van der Waals surface area contributed by atoms with Crippen LogP contribution in [0.25, 0.3) is 0 Å². The van der Waals surface area contributed by atoms with Gasteiger partial charge in [-0.2, -0.15) is 5.26 Å². The molecule has 0 fully saturated rings. The first kappa shape index (κ1) is 25.2. The first-order valence-electron chi connectivity index (χ1n) is 11.2. The van der Waals surface area contributed by atoms with Gasteiger partial charge in [-0.15, -0.1) is 29.0 Å². The lowest BCUT2D eigenvalue weighted by molar-refractivity contribution is -0.0444. The molecule has 0 amide bonds. The Morgan fingerprint density at radius 1 is 1.59 bits per heavy atom. The number of hydrogen-bond acceptors (Lipinski definition) is 9. The lowest BCUT2D eigenvalue weighted by atomic mass is 9.72. The Kier molecular flexibility index (Phi) is 8.39. The number of nitriles is 1. The highest BCUT2D eigenvalue weighted by Crippen LogP contribution is 2.44. The van der Waals surface area contributed by atoms with Crippen molar-refractivity contribution in [3.05, 3.63) is 21.4 Å². The summed E-state index contributed by atoms with van der Waals surface area (Å²) in [6.45, 7) is 9.59. The molecule has 2 heterocycles. The fourth-order valence-electron chi connectivity index (χ4n) is 4.42. The Hall–Kier alpha value is -1.44. The van der Waals surface area contributed by atoms with Crippen molar-refractivity contribution in [2.45, 2.75) is 76.4 Å². The number of hydroxylamine groups is 2. The number of aryl methyl sites for hydroxylation is 1. The van der Waals surface area contributed by atoms with Gasteiger partial charge in [-0.05, 0) is 65.6 Å². The van der Waals surface area contributed by atoms with Crippen LogP contribution in [0.3, 0.4) is 0 Å². The summed E-state index contributed by atoms with van der Waals surface area (Å²) in [5, 5.41) is 13.3. The van der Waals surface area contributed by atoms with E-state index in [1.807, 2.05) is 19.4 Å².